The highest BCUT2D eigenvalue weighted by Gasteiger charge is 2.16. The molecule has 0 aliphatic rings. The van der Waals surface area contributed by atoms with Gasteiger partial charge < -0.3 is 11.1 Å². The van der Waals surface area contributed by atoms with Crippen molar-refractivity contribution in [3.63, 3.8) is 0 Å². The maximum atomic E-state index is 12.0. The van der Waals surface area contributed by atoms with Gasteiger partial charge in [-0.05, 0) is 37.0 Å². The first-order valence-corrected chi connectivity index (χ1v) is 10.1. The van der Waals surface area contributed by atoms with Crippen LogP contribution in [0.15, 0.2) is 34.2 Å². The largest absolute Gasteiger partial charge is 0.370 e. The molecule has 0 spiro atoms. The third-order valence-electron chi connectivity index (χ3n) is 3.95. The molecule has 1 atom stereocenters. The van der Waals surface area contributed by atoms with Crippen LogP contribution < -0.4 is 11.1 Å². The fourth-order valence-corrected chi connectivity index (χ4v) is 3.26. The van der Waals surface area contributed by atoms with E-state index in [1.165, 1.54) is 31.2 Å². The van der Waals surface area contributed by atoms with E-state index in [1.54, 1.807) is 24.3 Å². The monoisotopic (exact) mass is 368 g/mol. The van der Waals surface area contributed by atoms with Crippen molar-refractivity contribution >= 4 is 16.0 Å². The fourth-order valence-electron chi connectivity index (χ4n) is 2.36. The van der Waals surface area contributed by atoms with Gasteiger partial charge in [0, 0.05) is 20.1 Å². The van der Waals surface area contributed by atoms with Crippen molar-refractivity contribution in [1.29, 1.82) is 0 Å². The lowest BCUT2D eigenvalue weighted by molar-refractivity contribution is 0.493. The average Bonchev–Trinajstić information content (AvgIpc) is 2.52. The van der Waals surface area contributed by atoms with Crippen molar-refractivity contribution in [2.24, 2.45) is 16.6 Å². The predicted octanol–water partition coefficient (Wildman–Crippen LogP) is 2.56. The van der Waals surface area contributed by atoms with Crippen LogP contribution in [-0.2, 0) is 16.6 Å². The van der Waals surface area contributed by atoms with Crippen molar-refractivity contribution in [3.05, 3.63) is 29.8 Å². The number of nitrogens with two attached hydrogens (primary N) is 1. The molecule has 1 aromatic carbocycles. The third-order valence-corrected chi connectivity index (χ3v) is 5.78. The van der Waals surface area contributed by atoms with Gasteiger partial charge in [0.15, 0.2) is 5.96 Å². The van der Waals surface area contributed by atoms with Crippen LogP contribution in [0.25, 0.3) is 0 Å². The summed E-state index contributed by atoms with van der Waals surface area (Å²) in [5.41, 5.74) is 6.84. The van der Waals surface area contributed by atoms with Crippen molar-refractivity contribution in [2.75, 3.05) is 14.1 Å². The normalized spacial score (nSPS) is 14.1. The van der Waals surface area contributed by atoms with E-state index in [0.29, 0.717) is 12.5 Å². The highest BCUT2D eigenvalue weighted by Crippen LogP contribution is 2.14. The predicted molar refractivity (Wildman–Crippen MR) is 104 cm³/mol. The van der Waals surface area contributed by atoms with Gasteiger partial charge in [0.05, 0.1) is 11.4 Å². The number of nitrogens with zero attached hydrogens (tertiary/aromatic N) is 2. The zero-order valence-electron chi connectivity index (χ0n) is 16.0. The summed E-state index contributed by atoms with van der Waals surface area (Å²) in [6, 6.07) is 7.00. The maximum absolute atomic E-state index is 12.0. The van der Waals surface area contributed by atoms with E-state index in [-0.39, 0.29) is 10.9 Å². The average molecular weight is 369 g/mol. The van der Waals surface area contributed by atoms with Crippen LogP contribution in [0.3, 0.4) is 0 Å². The Bertz CT molecular complexity index is 652. The third kappa shape index (κ3) is 7.44. The summed E-state index contributed by atoms with van der Waals surface area (Å²) in [6.07, 6.45) is 3.44. The lowest BCUT2D eigenvalue weighted by atomic mass is 10.0. The van der Waals surface area contributed by atoms with Gasteiger partial charge in [0.1, 0.15) is 0 Å². The van der Waals surface area contributed by atoms with Gasteiger partial charge in [-0.2, -0.15) is 0 Å². The number of hydrogen-bond acceptors (Lipinski definition) is 3. The molecule has 0 bridgehead atoms. The molecular formula is C18H32N4O2S. The summed E-state index contributed by atoms with van der Waals surface area (Å²) >= 11 is 0. The summed E-state index contributed by atoms with van der Waals surface area (Å²) in [5, 5.41) is 3.20. The molecule has 1 aromatic rings. The van der Waals surface area contributed by atoms with Crippen LogP contribution in [0.2, 0.25) is 0 Å². The summed E-state index contributed by atoms with van der Waals surface area (Å²) in [4.78, 5) is 4.60. The minimum Gasteiger partial charge on any atom is -0.370 e. The van der Waals surface area contributed by atoms with Gasteiger partial charge >= 0.3 is 0 Å². The van der Waals surface area contributed by atoms with Gasteiger partial charge in [-0.25, -0.2) is 17.7 Å². The van der Waals surface area contributed by atoms with Crippen LogP contribution in [-0.4, -0.2) is 38.8 Å². The number of sulfonamides is 1. The van der Waals surface area contributed by atoms with Crippen LogP contribution in [0, 0.1) is 5.92 Å². The minimum atomic E-state index is -3.40. The topological polar surface area (TPSA) is 87.8 Å². The van der Waals surface area contributed by atoms with Crippen molar-refractivity contribution < 1.29 is 8.42 Å². The molecule has 0 aliphatic carbocycles. The molecule has 7 heteroatoms. The number of rotatable bonds is 9. The molecule has 142 valence electrons. The standard InChI is InChI=1S/C18H32N4O2S/c1-14(2)7-6-8-15(3)21-18(19)20-13-16-9-11-17(12-10-16)25(23,24)22(4)5/h9-12,14-15H,6-8,13H2,1-5H3,(H3,19,20,21). The Hall–Kier alpha value is -1.60. The van der Waals surface area contributed by atoms with E-state index in [4.69, 9.17) is 5.73 Å². The molecule has 0 amide bonds. The van der Waals surface area contributed by atoms with E-state index >= 15 is 0 Å². The fraction of sp³-hybridized carbons (Fsp3) is 0.611. The minimum absolute atomic E-state index is 0.273. The van der Waals surface area contributed by atoms with Gasteiger partial charge in [-0.1, -0.05) is 38.8 Å². The lowest BCUT2D eigenvalue weighted by Gasteiger charge is -2.15. The van der Waals surface area contributed by atoms with Crippen LogP contribution in [0.4, 0.5) is 0 Å². The van der Waals surface area contributed by atoms with Gasteiger partial charge in [0.2, 0.25) is 10.0 Å². The second-order valence-corrected chi connectivity index (χ2v) is 9.15. The molecule has 1 rings (SSSR count). The van der Waals surface area contributed by atoms with E-state index in [1.807, 2.05) is 0 Å². The first-order chi connectivity index (χ1) is 11.6. The number of aliphatic imine (C=N–C) groups is 1. The Balaban J connectivity index is 2.55. The molecule has 25 heavy (non-hydrogen) atoms. The second kappa shape index (κ2) is 9.77. The van der Waals surface area contributed by atoms with Crippen molar-refractivity contribution in [2.45, 2.75) is 57.5 Å². The molecular weight excluding hydrogens is 336 g/mol. The van der Waals surface area contributed by atoms with Gasteiger partial charge in [0.25, 0.3) is 0 Å². The van der Waals surface area contributed by atoms with Crippen LogP contribution in [0.1, 0.15) is 45.6 Å². The molecule has 0 saturated carbocycles. The highest BCUT2D eigenvalue weighted by atomic mass is 32.2. The van der Waals surface area contributed by atoms with Crippen molar-refractivity contribution in [1.82, 2.24) is 9.62 Å². The molecule has 0 radical (unpaired) electrons. The van der Waals surface area contributed by atoms with E-state index < -0.39 is 10.0 Å². The Morgan fingerprint density at radius 1 is 1.16 bits per heavy atom. The van der Waals surface area contributed by atoms with E-state index in [0.717, 1.165) is 17.9 Å². The summed E-state index contributed by atoms with van der Waals surface area (Å²) < 4.78 is 25.3. The van der Waals surface area contributed by atoms with Gasteiger partial charge in [-0.3, -0.25) is 0 Å². The number of nitrogens with one attached hydrogen (secondary N) is 1. The SMILES string of the molecule is CC(C)CCCC(C)NC(N)=NCc1ccc(S(=O)(=O)N(C)C)cc1. The van der Waals surface area contributed by atoms with Crippen LogP contribution >= 0.6 is 0 Å². The summed E-state index contributed by atoms with van der Waals surface area (Å²) in [5.74, 6) is 1.14. The van der Waals surface area contributed by atoms with Crippen LogP contribution in [0.5, 0.6) is 0 Å². The Kier molecular flexibility index (Phi) is 8.38. The molecule has 0 fully saturated rings. The molecule has 0 aliphatic heterocycles. The highest BCUT2D eigenvalue weighted by molar-refractivity contribution is 7.89. The zero-order chi connectivity index (χ0) is 19.0. The first-order valence-electron chi connectivity index (χ1n) is 8.71. The Morgan fingerprint density at radius 3 is 2.28 bits per heavy atom. The summed E-state index contributed by atoms with van der Waals surface area (Å²) in [6.45, 7) is 6.97. The quantitative estimate of drug-likeness (QED) is 0.518. The van der Waals surface area contributed by atoms with Gasteiger partial charge in [-0.15, -0.1) is 0 Å². The number of hydrogen-bond donors (Lipinski definition) is 2. The Labute approximate surface area is 152 Å². The number of benzene rings is 1. The van der Waals surface area contributed by atoms with Crippen molar-refractivity contribution in [3.8, 4) is 0 Å². The molecule has 0 heterocycles. The smallest absolute Gasteiger partial charge is 0.242 e. The number of guanidine groups is 1. The molecule has 1 unspecified atom stereocenters. The van der Waals surface area contributed by atoms with E-state index in [9.17, 15) is 8.42 Å². The molecule has 0 aromatic heterocycles. The molecule has 3 N–H and O–H groups in total. The maximum Gasteiger partial charge on any atom is 0.242 e. The molecule has 0 saturated heterocycles. The second-order valence-electron chi connectivity index (χ2n) is 7.00. The van der Waals surface area contributed by atoms with E-state index in [2.05, 4.69) is 31.1 Å². The lowest BCUT2D eigenvalue weighted by Crippen LogP contribution is -2.38. The zero-order valence-corrected chi connectivity index (χ0v) is 16.8. The first kappa shape index (κ1) is 21.4. The summed E-state index contributed by atoms with van der Waals surface area (Å²) in [7, 11) is -0.363. The molecule has 6 nitrogen and oxygen atoms in total. The Morgan fingerprint density at radius 2 is 1.76 bits per heavy atom.